The number of benzene rings is 2. The molecule has 2 aromatic carbocycles. The number of carbonyl (C=O) groups is 1. The van der Waals surface area contributed by atoms with Crippen molar-refractivity contribution in [2.24, 2.45) is 0 Å². The van der Waals surface area contributed by atoms with Gasteiger partial charge in [-0.2, -0.15) is 0 Å². The van der Waals surface area contributed by atoms with Crippen LogP contribution in [0.1, 0.15) is 31.7 Å². The van der Waals surface area contributed by atoms with E-state index in [-0.39, 0.29) is 11.5 Å². The van der Waals surface area contributed by atoms with Crippen LogP contribution in [0, 0.1) is 0 Å². The second-order valence-corrected chi connectivity index (χ2v) is 8.02. The van der Waals surface area contributed by atoms with Gasteiger partial charge in [0.2, 0.25) is 6.10 Å². The molecule has 2 atom stereocenters. The van der Waals surface area contributed by atoms with Crippen molar-refractivity contribution in [2.45, 2.75) is 37.2 Å². The Morgan fingerprint density at radius 2 is 1.81 bits per heavy atom. The minimum atomic E-state index is -3.88. The molecule has 8 heteroatoms. The first-order chi connectivity index (χ1) is 12.9. The lowest BCUT2D eigenvalue weighted by Crippen LogP contribution is -2.50. The fourth-order valence-corrected chi connectivity index (χ4v) is 3.46. The number of hydrogen-bond donors (Lipinski definition) is 2. The summed E-state index contributed by atoms with van der Waals surface area (Å²) in [6, 6.07) is 13.6. The maximum absolute atomic E-state index is 12.4. The van der Waals surface area contributed by atoms with Crippen molar-refractivity contribution in [3.05, 3.63) is 54.1 Å². The minimum absolute atomic E-state index is 0.00578. The molecular formula is C19H22N2O5S. The Morgan fingerprint density at radius 1 is 1.15 bits per heavy atom. The van der Waals surface area contributed by atoms with Crippen LogP contribution in [0.25, 0.3) is 0 Å². The van der Waals surface area contributed by atoms with Crippen molar-refractivity contribution in [1.82, 2.24) is 10.3 Å². The van der Waals surface area contributed by atoms with E-state index < -0.39 is 22.0 Å². The third kappa shape index (κ3) is 4.40. The van der Waals surface area contributed by atoms with Crippen molar-refractivity contribution in [3.63, 3.8) is 0 Å². The number of carbonyl (C=O) groups excluding carboxylic acids is 1. The summed E-state index contributed by atoms with van der Waals surface area (Å²) in [5.74, 6) is 0.695. The van der Waals surface area contributed by atoms with Crippen molar-refractivity contribution >= 4 is 15.9 Å². The molecule has 7 nitrogen and oxygen atoms in total. The third-order valence-corrected chi connectivity index (χ3v) is 5.74. The molecule has 0 spiro atoms. The fourth-order valence-electron chi connectivity index (χ4n) is 2.62. The van der Waals surface area contributed by atoms with Crippen molar-refractivity contribution in [2.75, 3.05) is 6.61 Å². The molecule has 27 heavy (non-hydrogen) atoms. The summed E-state index contributed by atoms with van der Waals surface area (Å²) in [5, 5.41) is 0. The van der Waals surface area contributed by atoms with Gasteiger partial charge in [0.05, 0.1) is 4.90 Å². The Morgan fingerprint density at radius 3 is 2.48 bits per heavy atom. The highest BCUT2D eigenvalue weighted by Gasteiger charge is 2.28. The average molecular weight is 390 g/mol. The number of hydrogen-bond acceptors (Lipinski definition) is 5. The standard InChI is InChI=1S/C19H22N2O5S/c1-3-13(2)14-8-10-15(11-9-14)27(23,24)21-20-19(22)18-12-25-16-6-4-5-7-17(16)26-18/h4-11,13,18,21H,3,12H2,1-2H3,(H,20,22)/t13-,18+/m1/s1. The van der Waals surface area contributed by atoms with Crippen LogP contribution in [-0.4, -0.2) is 27.0 Å². The van der Waals surface area contributed by atoms with E-state index in [0.717, 1.165) is 12.0 Å². The number of rotatable bonds is 6. The normalized spacial score (nSPS) is 17.2. The fraction of sp³-hybridized carbons (Fsp3) is 0.316. The molecule has 1 amide bonds. The molecule has 0 bridgehead atoms. The van der Waals surface area contributed by atoms with Crippen LogP contribution in [-0.2, 0) is 14.8 Å². The van der Waals surface area contributed by atoms with Crippen LogP contribution in [0.2, 0.25) is 0 Å². The minimum Gasteiger partial charge on any atom is -0.485 e. The Bertz CT molecular complexity index is 912. The molecule has 144 valence electrons. The van der Waals surface area contributed by atoms with Gasteiger partial charge in [0, 0.05) is 0 Å². The molecule has 0 aromatic heterocycles. The van der Waals surface area contributed by atoms with E-state index in [4.69, 9.17) is 9.47 Å². The molecule has 0 fully saturated rings. The van der Waals surface area contributed by atoms with E-state index in [1.165, 1.54) is 12.1 Å². The molecule has 0 saturated heterocycles. The molecule has 1 aliphatic heterocycles. The number of nitrogens with one attached hydrogen (secondary N) is 2. The van der Waals surface area contributed by atoms with E-state index in [2.05, 4.69) is 24.1 Å². The summed E-state index contributed by atoms with van der Waals surface area (Å²) in [5.41, 5.74) is 3.25. The summed E-state index contributed by atoms with van der Waals surface area (Å²) >= 11 is 0. The number of ether oxygens (including phenoxy) is 2. The van der Waals surface area contributed by atoms with Gasteiger partial charge in [0.1, 0.15) is 6.61 Å². The Kier molecular flexibility index (Phi) is 5.67. The molecule has 3 rings (SSSR count). The predicted octanol–water partition coefficient (Wildman–Crippen LogP) is 2.35. The largest absolute Gasteiger partial charge is 0.485 e. The Hall–Kier alpha value is -2.58. The van der Waals surface area contributed by atoms with Crippen molar-refractivity contribution in [1.29, 1.82) is 0 Å². The first-order valence-electron chi connectivity index (χ1n) is 8.71. The molecule has 2 aromatic rings. The van der Waals surface area contributed by atoms with Crippen molar-refractivity contribution in [3.8, 4) is 11.5 Å². The summed E-state index contributed by atoms with van der Waals surface area (Å²) in [6.45, 7) is 4.14. The zero-order chi connectivity index (χ0) is 19.4. The SMILES string of the molecule is CC[C@@H](C)c1ccc(S(=O)(=O)NNC(=O)[C@@H]2COc3ccccc3O2)cc1. The number of para-hydroxylation sites is 2. The molecule has 1 aliphatic rings. The molecular weight excluding hydrogens is 368 g/mol. The quantitative estimate of drug-likeness (QED) is 0.739. The lowest BCUT2D eigenvalue weighted by molar-refractivity contribution is -0.130. The highest BCUT2D eigenvalue weighted by molar-refractivity contribution is 7.89. The predicted molar refractivity (Wildman–Crippen MR) is 100.0 cm³/mol. The van der Waals surface area contributed by atoms with Gasteiger partial charge in [-0.15, -0.1) is 4.83 Å². The summed E-state index contributed by atoms with van der Waals surface area (Å²) in [7, 11) is -3.88. The Labute approximate surface area is 158 Å². The highest BCUT2D eigenvalue weighted by Crippen LogP contribution is 2.30. The van der Waals surface area contributed by atoms with Gasteiger partial charge in [-0.1, -0.05) is 38.1 Å². The van der Waals surface area contributed by atoms with Crippen LogP contribution in [0.3, 0.4) is 0 Å². The first kappa shape index (κ1) is 19.2. The van der Waals surface area contributed by atoms with Gasteiger partial charge in [-0.3, -0.25) is 10.2 Å². The number of amides is 1. The monoisotopic (exact) mass is 390 g/mol. The van der Waals surface area contributed by atoms with Gasteiger partial charge in [0.15, 0.2) is 11.5 Å². The van der Waals surface area contributed by atoms with Crippen LogP contribution < -0.4 is 19.7 Å². The second-order valence-electron chi connectivity index (χ2n) is 6.34. The second kappa shape index (κ2) is 7.98. The van der Waals surface area contributed by atoms with E-state index in [1.54, 1.807) is 36.4 Å². The van der Waals surface area contributed by atoms with Crippen LogP contribution in [0.4, 0.5) is 0 Å². The smallest absolute Gasteiger partial charge is 0.279 e. The molecule has 0 radical (unpaired) electrons. The number of fused-ring (bicyclic) bond motifs is 1. The van der Waals surface area contributed by atoms with Crippen LogP contribution in [0.5, 0.6) is 11.5 Å². The summed E-state index contributed by atoms with van der Waals surface area (Å²) in [4.78, 5) is 14.4. The summed E-state index contributed by atoms with van der Waals surface area (Å²) in [6.07, 6.45) is 0.0165. The maximum Gasteiger partial charge on any atom is 0.279 e. The zero-order valence-corrected chi connectivity index (χ0v) is 16.0. The summed E-state index contributed by atoms with van der Waals surface area (Å²) < 4.78 is 35.7. The molecule has 0 unspecified atom stereocenters. The lowest BCUT2D eigenvalue weighted by Gasteiger charge is -2.25. The van der Waals surface area contributed by atoms with Crippen LogP contribution >= 0.6 is 0 Å². The zero-order valence-electron chi connectivity index (χ0n) is 15.1. The van der Waals surface area contributed by atoms with Gasteiger partial charge < -0.3 is 9.47 Å². The lowest BCUT2D eigenvalue weighted by atomic mass is 9.99. The average Bonchev–Trinajstić information content (AvgIpc) is 2.71. The Balaban J connectivity index is 1.61. The van der Waals surface area contributed by atoms with Gasteiger partial charge in [-0.05, 0) is 42.2 Å². The number of sulfonamides is 1. The number of hydrazine groups is 1. The molecule has 0 aliphatic carbocycles. The van der Waals surface area contributed by atoms with Crippen LogP contribution in [0.15, 0.2) is 53.4 Å². The van der Waals surface area contributed by atoms with Gasteiger partial charge in [-0.25, -0.2) is 8.42 Å². The third-order valence-electron chi connectivity index (χ3n) is 4.48. The van der Waals surface area contributed by atoms with Gasteiger partial charge in [0.25, 0.3) is 15.9 Å². The maximum atomic E-state index is 12.4. The van der Waals surface area contributed by atoms with Gasteiger partial charge >= 0.3 is 0 Å². The topological polar surface area (TPSA) is 93.7 Å². The molecule has 0 saturated carbocycles. The highest BCUT2D eigenvalue weighted by atomic mass is 32.2. The molecule has 2 N–H and O–H groups in total. The van der Waals surface area contributed by atoms with E-state index in [9.17, 15) is 13.2 Å². The molecule has 1 heterocycles. The van der Waals surface area contributed by atoms with E-state index in [1.807, 2.05) is 0 Å². The van der Waals surface area contributed by atoms with E-state index >= 15 is 0 Å². The van der Waals surface area contributed by atoms with Crippen molar-refractivity contribution < 1.29 is 22.7 Å². The van der Waals surface area contributed by atoms with E-state index in [0.29, 0.717) is 17.4 Å². The first-order valence-corrected chi connectivity index (χ1v) is 10.2.